The summed E-state index contributed by atoms with van der Waals surface area (Å²) in [6.07, 6.45) is 2.81. The van der Waals surface area contributed by atoms with Gasteiger partial charge in [0, 0.05) is 0 Å². The maximum absolute atomic E-state index is 3.51. The van der Waals surface area contributed by atoms with Crippen LogP contribution in [-0.2, 0) is 0 Å². The van der Waals surface area contributed by atoms with Crippen LogP contribution in [0.4, 0.5) is 0 Å². The van der Waals surface area contributed by atoms with Gasteiger partial charge in [-0.1, -0.05) is 29.8 Å². The second-order valence-electron chi connectivity index (χ2n) is 5.26. The third-order valence-electron chi connectivity index (χ3n) is 4.20. The van der Waals surface area contributed by atoms with Crippen molar-refractivity contribution >= 4 is 0 Å². The fourth-order valence-corrected chi connectivity index (χ4v) is 3.28. The molecule has 1 heterocycles. The van der Waals surface area contributed by atoms with Gasteiger partial charge in [-0.25, -0.2) is 0 Å². The van der Waals surface area contributed by atoms with Gasteiger partial charge in [0.1, 0.15) is 0 Å². The molecule has 0 aromatic heterocycles. The molecule has 1 aromatic rings. The first-order valence-electron chi connectivity index (χ1n) is 6.10. The van der Waals surface area contributed by atoms with Gasteiger partial charge in [-0.2, -0.15) is 0 Å². The van der Waals surface area contributed by atoms with E-state index in [1.54, 1.807) is 5.56 Å². The first-order chi connectivity index (χ1) is 7.33. The van der Waals surface area contributed by atoms with Gasteiger partial charge in [0.15, 0.2) is 0 Å². The second-order valence-corrected chi connectivity index (χ2v) is 5.26. The molecule has 0 bridgehead atoms. The standard InChI is InChI=1S/C14H19N/c1-10-2-4-11(5-3-10)12-6-13-8-15-9-14(13)7-12/h2-5,12-15H,6-9H2,1H3/t12?,13-,14+. The van der Waals surface area contributed by atoms with Crippen molar-refractivity contribution in [2.45, 2.75) is 25.7 Å². The highest BCUT2D eigenvalue weighted by Crippen LogP contribution is 2.43. The van der Waals surface area contributed by atoms with Crippen molar-refractivity contribution in [2.24, 2.45) is 11.8 Å². The minimum absolute atomic E-state index is 0.836. The molecule has 1 aromatic carbocycles. The molecule has 3 rings (SSSR count). The molecule has 1 aliphatic heterocycles. The van der Waals surface area contributed by atoms with Crippen LogP contribution >= 0.6 is 0 Å². The summed E-state index contributed by atoms with van der Waals surface area (Å²) in [6, 6.07) is 9.16. The molecule has 1 unspecified atom stereocenters. The summed E-state index contributed by atoms with van der Waals surface area (Å²) in [7, 11) is 0. The average Bonchev–Trinajstić information content (AvgIpc) is 2.78. The van der Waals surface area contributed by atoms with Gasteiger partial charge in [0.05, 0.1) is 0 Å². The number of hydrogen-bond donors (Lipinski definition) is 1. The van der Waals surface area contributed by atoms with Crippen molar-refractivity contribution in [1.29, 1.82) is 0 Å². The van der Waals surface area contributed by atoms with Crippen LogP contribution in [0.15, 0.2) is 24.3 Å². The lowest BCUT2D eigenvalue weighted by Crippen LogP contribution is -2.11. The Morgan fingerprint density at radius 1 is 1.00 bits per heavy atom. The van der Waals surface area contributed by atoms with Crippen LogP contribution in [0.1, 0.15) is 29.9 Å². The van der Waals surface area contributed by atoms with Crippen molar-refractivity contribution in [3.8, 4) is 0 Å². The first kappa shape index (κ1) is 9.41. The fraction of sp³-hybridized carbons (Fsp3) is 0.571. The molecular formula is C14H19N. The number of hydrogen-bond acceptors (Lipinski definition) is 1. The molecule has 1 saturated heterocycles. The zero-order valence-electron chi connectivity index (χ0n) is 9.37. The fourth-order valence-electron chi connectivity index (χ4n) is 3.28. The van der Waals surface area contributed by atoms with E-state index >= 15 is 0 Å². The van der Waals surface area contributed by atoms with Crippen LogP contribution in [0.3, 0.4) is 0 Å². The quantitative estimate of drug-likeness (QED) is 0.736. The van der Waals surface area contributed by atoms with Crippen LogP contribution in [0, 0.1) is 18.8 Å². The lowest BCUT2D eigenvalue weighted by molar-refractivity contribution is 0.494. The van der Waals surface area contributed by atoms with Gasteiger partial charge in [-0.15, -0.1) is 0 Å². The second kappa shape index (κ2) is 3.64. The molecule has 1 nitrogen and oxygen atoms in total. The first-order valence-corrected chi connectivity index (χ1v) is 6.10. The van der Waals surface area contributed by atoms with Crippen LogP contribution in [-0.4, -0.2) is 13.1 Å². The van der Waals surface area contributed by atoms with Gasteiger partial charge >= 0.3 is 0 Å². The summed E-state index contributed by atoms with van der Waals surface area (Å²) in [5, 5.41) is 3.51. The van der Waals surface area contributed by atoms with Crippen molar-refractivity contribution in [1.82, 2.24) is 5.32 Å². The molecule has 15 heavy (non-hydrogen) atoms. The van der Waals surface area contributed by atoms with Crippen LogP contribution in [0.5, 0.6) is 0 Å². The van der Waals surface area contributed by atoms with E-state index in [1.807, 2.05) is 0 Å². The van der Waals surface area contributed by atoms with E-state index in [9.17, 15) is 0 Å². The number of fused-ring (bicyclic) bond motifs is 1. The lowest BCUT2D eigenvalue weighted by atomic mass is 9.95. The van der Waals surface area contributed by atoms with Gasteiger partial charge in [0.2, 0.25) is 0 Å². The van der Waals surface area contributed by atoms with E-state index in [0.717, 1.165) is 17.8 Å². The smallest absolute Gasteiger partial charge is 0.00171 e. The molecule has 3 atom stereocenters. The van der Waals surface area contributed by atoms with E-state index in [-0.39, 0.29) is 0 Å². The summed E-state index contributed by atoms with van der Waals surface area (Å²) in [5.41, 5.74) is 2.94. The highest BCUT2D eigenvalue weighted by molar-refractivity contribution is 5.25. The summed E-state index contributed by atoms with van der Waals surface area (Å²) in [6.45, 7) is 4.68. The van der Waals surface area contributed by atoms with E-state index in [0.29, 0.717) is 0 Å². The topological polar surface area (TPSA) is 12.0 Å². The number of aryl methyl sites for hydroxylation is 1. The van der Waals surface area contributed by atoms with E-state index < -0.39 is 0 Å². The largest absolute Gasteiger partial charge is 0.316 e. The Bertz CT molecular complexity index is 329. The molecule has 2 fully saturated rings. The molecule has 80 valence electrons. The van der Waals surface area contributed by atoms with E-state index in [2.05, 4.69) is 36.5 Å². The molecule has 1 N–H and O–H groups in total. The van der Waals surface area contributed by atoms with Crippen molar-refractivity contribution in [3.63, 3.8) is 0 Å². The highest BCUT2D eigenvalue weighted by atomic mass is 14.9. The summed E-state index contributed by atoms with van der Waals surface area (Å²) in [4.78, 5) is 0. The summed E-state index contributed by atoms with van der Waals surface area (Å²) < 4.78 is 0. The molecule has 0 radical (unpaired) electrons. The average molecular weight is 201 g/mol. The third kappa shape index (κ3) is 1.69. The van der Waals surface area contributed by atoms with Crippen LogP contribution in [0.25, 0.3) is 0 Å². The van der Waals surface area contributed by atoms with Crippen molar-refractivity contribution in [3.05, 3.63) is 35.4 Å². The predicted octanol–water partition coefficient (Wildman–Crippen LogP) is 2.71. The van der Waals surface area contributed by atoms with Gasteiger partial charge in [-0.3, -0.25) is 0 Å². The lowest BCUT2D eigenvalue weighted by Gasteiger charge is -2.11. The predicted molar refractivity (Wildman–Crippen MR) is 63.0 cm³/mol. The molecule has 1 aliphatic carbocycles. The maximum atomic E-state index is 3.51. The van der Waals surface area contributed by atoms with E-state index in [1.165, 1.54) is 31.5 Å². The Hall–Kier alpha value is -0.820. The van der Waals surface area contributed by atoms with Crippen molar-refractivity contribution < 1.29 is 0 Å². The van der Waals surface area contributed by atoms with E-state index in [4.69, 9.17) is 0 Å². The maximum Gasteiger partial charge on any atom is -0.00171 e. The molecule has 0 spiro atoms. The van der Waals surface area contributed by atoms with Crippen LogP contribution < -0.4 is 5.32 Å². The van der Waals surface area contributed by atoms with Crippen molar-refractivity contribution in [2.75, 3.05) is 13.1 Å². The molecule has 2 aliphatic rings. The minimum Gasteiger partial charge on any atom is -0.316 e. The minimum atomic E-state index is 0.836. The molecule has 1 heteroatoms. The Labute approximate surface area is 91.9 Å². The normalized spacial score (nSPS) is 34.3. The Kier molecular flexibility index (Phi) is 2.28. The van der Waals surface area contributed by atoms with Crippen LogP contribution in [0.2, 0.25) is 0 Å². The number of nitrogens with one attached hydrogen (secondary N) is 1. The zero-order chi connectivity index (χ0) is 10.3. The Balaban J connectivity index is 1.76. The molecular weight excluding hydrogens is 182 g/mol. The molecule has 1 saturated carbocycles. The number of rotatable bonds is 1. The summed E-state index contributed by atoms with van der Waals surface area (Å²) >= 11 is 0. The van der Waals surface area contributed by atoms with Gasteiger partial charge < -0.3 is 5.32 Å². The Morgan fingerprint density at radius 3 is 2.20 bits per heavy atom. The monoisotopic (exact) mass is 201 g/mol. The highest BCUT2D eigenvalue weighted by Gasteiger charge is 2.37. The number of benzene rings is 1. The molecule has 0 amide bonds. The SMILES string of the molecule is Cc1ccc(C2C[C@H]3CNC[C@H]3C2)cc1. The van der Waals surface area contributed by atoms with Gasteiger partial charge in [-0.05, 0) is 56.2 Å². The Morgan fingerprint density at radius 2 is 1.60 bits per heavy atom. The third-order valence-corrected chi connectivity index (χ3v) is 4.20. The van der Waals surface area contributed by atoms with Gasteiger partial charge in [0.25, 0.3) is 0 Å². The summed E-state index contributed by atoms with van der Waals surface area (Å²) in [5.74, 6) is 2.75. The zero-order valence-corrected chi connectivity index (χ0v) is 9.37.